The first-order chi connectivity index (χ1) is 8.31. The average Bonchev–Trinajstić information content (AvgIpc) is 2.84. The van der Waals surface area contributed by atoms with Gasteiger partial charge in [0.2, 0.25) is 5.13 Å². The van der Waals surface area contributed by atoms with Crippen LogP contribution >= 0.6 is 11.5 Å². The molecule has 0 amide bonds. The molecule has 0 saturated carbocycles. The zero-order valence-electron chi connectivity index (χ0n) is 9.34. The van der Waals surface area contributed by atoms with Gasteiger partial charge in [0, 0.05) is 36.9 Å². The number of nitrogens with one attached hydrogen (secondary N) is 1. The van der Waals surface area contributed by atoms with Crippen molar-refractivity contribution in [1.82, 2.24) is 14.3 Å². The number of rotatable bonds is 4. The van der Waals surface area contributed by atoms with E-state index in [2.05, 4.69) is 25.7 Å². The fourth-order valence-corrected chi connectivity index (χ4v) is 1.94. The summed E-state index contributed by atoms with van der Waals surface area (Å²) in [6, 6.07) is 3.87. The van der Waals surface area contributed by atoms with Gasteiger partial charge in [0.05, 0.1) is 5.56 Å². The summed E-state index contributed by atoms with van der Waals surface area (Å²) in [5.41, 5.74) is 1.52. The summed E-state index contributed by atoms with van der Waals surface area (Å²) >= 11 is 1.35. The van der Waals surface area contributed by atoms with Crippen molar-refractivity contribution in [2.24, 2.45) is 0 Å². The van der Waals surface area contributed by atoms with Gasteiger partial charge in [-0.15, -0.1) is 0 Å². The van der Waals surface area contributed by atoms with Crippen LogP contribution in [0.5, 0.6) is 0 Å². The summed E-state index contributed by atoms with van der Waals surface area (Å²) in [6.07, 6.45) is 4.11. The number of nitrogens with zero attached hydrogens (tertiary/aromatic N) is 4. The molecule has 6 heteroatoms. The van der Waals surface area contributed by atoms with E-state index in [1.165, 1.54) is 11.5 Å². The topological polar surface area (TPSA) is 74.5 Å². The molecule has 0 spiro atoms. The Labute approximate surface area is 103 Å². The third kappa shape index (κ3) is 2.98. The zero-order chi connectivity index (χ0) is 12.1. The van der Waals surface area contributed by atoms with Crippen LogP contribution in [0.15, 0.2) is 18.5 Å². The molecule has 0 bridgehead atoms. The quantitative estimate of drug-likeness (QED) is 0.891. The van der Waals surface area contributed by atoms with Crippen LogP contribution in [-0.4, -0.2) is 14.3 Å². The van der Waals surface area contributed by atoms with Crippen LogP contribution < -0.4 is 5.32 Å². The van der Waals surface area contributed by atoms with Crippen molar-refractivity contribution in [2.75, 3.05) is 5.32 Å². The highest BCUT2D eigenvalue weighted by atomic mass is 32.1. The molecule has 0 atom stereocenters. The predicted molar refractivity (Wildman–Crippen MR) is 65.6 cm³/mol. The number of nitriles is 1. The maximum absolute atomic E-state index is 8.75. The molecule has 0 radical (unpaired) electrons. The lowest BCUT2D eigenvalue weighted by molar-refractivity contribution is 0.991. The molecule has 0 saturated heterocycles. The first kappa shape index (κ1) is 11.5. The van der Waals surface area contributed by atoms with Gasteiger partial charge in [0.1, 0.15) is 11.9 Å². The molecular weight excluding hydrogens is 234 g/mol. The smallest absolute Gasteiger partial charge is 0.202 e. The van der Waals surface area contributed by atoms with Crippen molar-refractivity contribution in [3.63, 3.8) is 0 Å². The number of aromatic nitrogens is 3. The molecule has 5 nitrogen and oxygen atoms in total. The monoisotopic (exact) mass is 245 g/mol. The van der Waals surface area contributed by atoms with Crippen molar-refractivity contribution in [2.45, 2.75) is 19.9 Å². The van der Waals surface area contributed by atoms with Crippen molar-refractivity contribution >= 4 is 16.7 Å². The van der Waals surface area contributed by atoms with Crippen LogP contribution in [0.2, 0.25) is 0 Å². The second kappa shape index (κ2) is 5.37. The molecule has 0 aliphatic carbocycles. The van der Waals surface area contributed by atoms with E-state index in [9.17, 15) is 0 Å². The fourth-order valence-electron chi connectivity index (χ4n) is 1.29. The molecule has 2 heterocycles. The van der Waals surface area contributed by atoms with Crippen molar-refractivity contribution in [3.05, 3.63) is 35.4 Å². The minimum absolute atomic E-state index is 0.566. The first-order valence-electron chi connectivity index (χ1n) is 5.22. The fraction of sp³-hybridized carbons (Fsp3) is 0.273. The molecule has 0 aromatic carbocycles. The first-order valence-corrected chi connectivity index (χ1v) is 5.99. The molecule has 1 N–H and O–H groups in total. The Morgan fingerprint density at radius 1 is 1.47 bits per heavy atom. The summed E-state index contributed by atoms with van der Waals surface area (Å²) in [4.78, 5) is 8.29. The largest absolute Gasteiger partial charge is 0.356 e. The highest BCUT2D eigenvalue weighted by Crippen LogP contribution is 2.12. The van der Waals surface area contributed by atoms with Crippen LogP contribution in [0.4, 0.5) is 5.13 Å². The third-order valence-electron chi connectivity index (χ3n) is 2.15. The Balaban J connectivity index is 1.99. The SMILES string of the molecule is CCc1nsc(NCc2cncc(C#N)c2)n1. The molecule has 17 heavy (non-hydrogen) atoms. The Morgan fingerprint density at radius 3 is 3.06 bits per heavy atom. The Hall–Kier alpha value is -2.00. The van der Waals surface area contributed by atoms with Crippen molar-refractivity contribution in [1.29, 1.82) is 5.26 Å². The number of aryl methyl sites for hydroxylation is 1. The molecule has 0 aliphatic heterocycles. The van der Waals surface area contributed by atoms with Crippen LogP contribution in [0.1, 0.15) is 23.9 Å². The predicted octanol–water partition coefficient (Wildman–Crippen LogP) is 1.98. The molecule has 2 aromatic heterocycles. The lowest BCUT2D eigenvalue weighted by Crippen LogP contribution is -2.00. The normalized spacial score (nSPS) is 9.88. The standard InChI is InChI=1S/C11H11N5S/c1-2-10-15-11(17-16-10)14-7-9-3-8(4-12)5-13-6-9/h3,5-6H,2,7H2,1H3,(H,14,15,16). The van der Waals surface area contributed by atoms with Gasteiger partial charge in [-0.3, -0.25) is 4.98 Å². The average molecular weight is 245 g/mol. The Morgan fingerprint density at radius 2 is 2.35 bits per heavy atom. The van der Waals surface area contributed by atoms with E-state index in [0.717, 1.165) is 22.9 Å². The van der Waals surface area contributed by atoms with Gasteiger partial charge in [-0.2, -0.15) is 9.64 Å². The number of anilines is 1. The van der Waals surface area contributed by atoms with Gasteiger partial charge in [-0.1, -0.05) is 6.92 Å². The second-order valence-corrected chi connectivity index (χ2v) is 4.17. The summed E-state index contributed by atoms with van der Waals surface area (Å²) in [5, 5.41) is 12.7. The number of pyridine rings is 1. The van der Waals surface area contributed by atoms with E-state index >= 15 is 0 Å². The maximum Gasteiger partial charge on any atom is 0.202 e. The second-order valence-electron chi connectivity index (χ2n) is 3.42. The molecule has 0 aliphatic rings. The van der Waals surface area contributed by atoms with Gasteiger partial charge >= 0.3 is 0 Å². The van der Waals surface area contributed by atoms with Crippen molar-refractivity contribution in [3.8, 4) is 6.07 Å². The minimum Gasteiger partial charge on any atom is -0.356 e. The van der Waals surface area contributed by atoms with Crippen LogP contribution in [0, 0.1) is 11.3 Å². The number of hydrogen-bond donors (Lipinski definition) is 1. The van der Waals surface area contributed by atoms with Gasteiger partial charge in [-0.05, 0) is 11.6 Å². The molecule has 2 aromatic rings. The molecule has 0 unspecified atom stereocenters. The lowest BCUT2D eigenvalue weighted by atomic mass is 10.2. The maximum atomic E-state index is 8.75. The van der Waals surface area contributed by atoms with Crippen LogP contribution in [0.3, 0.4) is 0 Å². The summed E-state index contributed by atoms with van der Waals surface area (Å²) in [5.74, 6) is 0.849. The van der Waals surface area contributed by atoms with E-state index in [4.69, 9.17) is 5.26 Å². The van der Waals surface area contributed by atoms with E-state index in [1.807, 2.05) is 13.0 Å². The minimum atomic E-state index is 0.566. The van der Waals surface area contributed by atoms with Crippen molar-refractivity contribution < 1.29 is 0 Å². The van der Waals surface area contributed by atoms with Crippen LogP contribution in [0.25, 0.3) is 0 Å². The highest BCUT2D eigenvalue weighted by molar-refractivity contribution is 7.09. The summed E-state index contributed by atoms with van der Waals surface area (Å²) in [6.45, 7) is 2.62. The lowest BCUT2D eigenvalue weighted by Gasteiger charge is -2.01. The summed E-state index contributed by atoms with van der Waals surface area (Å²) < 4.78 is 4.18. The van der Waals surface area contributed by atoms with Gasteiger partial charge in [0.25, 0.3) is 0 Å². The van der Waals surface area contributed by atoms with Crippen LogP contribution in [-0.2, 0) is 13.0 Å². The van der Waals surface area contributed by atoms with E-state index in [-0.39, 0.29) is 0 Å². The molecule has 2 rings (SSSR count). The van der Waals surface area contributed by atoms with E-state index in [0.29, 0.717) is 12.1 Å². The summed E-state index contributed by atoms with van der Waals surface area (Å²) in [7, 11) is 0. The number of hydrogen-bond acceptors (Lipinski definition) is 6. The third-order valence-corrected chi connectivity index (χ3v) is 2.86. The zero-order valence-corrected chi connectivity index (χ0v) is 10.2. The van der Waals surface area contributed by atoms with E-state index < -0.39 is 0 Å². The van der Waals surface area contributed by atoms with Gasteiger partial charge < -0.3 is 5.32 Å². The van der Waals surface area contributed by atoms with Gasteiger partial charge in [-0.25, -0.2) is 4.98 Å². The molecule has 0 fully saturated rings. The van der Waals surface area contributed by atoms with Gasteiger partial charge in [0.15, 0.2) is 0 Å². The molecular formula is C11H11N5S. The van der Waals surface area contributed by atoms with E-state index in [1.54, 1.807) is 12.4 Å². The Kier molecular flexibility index (Phi) is 3.62. The molecule has 86 valence electrons. The Bertz CT molecular complexity index is 543. The highest BCUT2D eigenvalue weighted by Gasteiger charge is 2.02.